The molecule has 1 aliphatic heterocycles. The Hall–Kier alpha value is -0.270. The molecule has 0 spiro atoms. The number of fused-ring (bicyclic) bond motifs is 1. The van der Waals surface area contributed by atoms with E-state index in [-0.39, 0.29) is 12.3 Å². The summed E-state index contributed by atoms with van der Waals surface area (Å²) in [6, 6.07) is 3.94. The van der Waals surface area contributed by atoms with Gasteiger partial charge in [-0.2, -0.15) is 0 Å². The van der Waals surface area contributed by atoms with Crippen molar-refractivity contribution >= 4 is 131 Å². The van der Waals surface area contributed by atoms with Crippen LogP contribution in [0.3, 0.4) is 0 Å². The monoisotopic (exact) mass is 946 g/mol. The van der Waals surface area contributed by atoms with Gasteiger partial charge in [0.25, 0.3) is 17.7 Å². The van der Waals surface area contributed by atoms with Gasteiger partial charge >= 0.3 is 5.97 Å². The zero-order valence-corrected chi connectivity index (χ0v) is 28.1. The van der Waals surface area contributed by atoms with Gasteiger partial charge in [0, 0.05) is 25.0 Å². The van der Waals surface area contributed by atoms with Gasteiger partial charge in [-0.05, 0) is 127 Å². The van der Waals surface area contributed by atoms with Crippen LogP contribution in [0.5, 0.6) is 0 Å². The molecular weight excluding hydrogens is 927 g/mol. The van der Waals surface area contributed by atoms with E-state index in [0.29, 0.717) is 34.5 Å². The van der Waals surface area contributed by atoms with Gasteiger partial charge in [-0.15, -0.1) is 0 Å². The van der Waals surface area contributed by atoms with Crippen molar-refractivity contribution in [1.82, 2.24) is 4.90 Å². The molecule has 0 saturated heterocycles. The lowest BCUT2D eigenvalue weighted by atomic mass is 10.0. The van der Waals surface area contributed by atoms with Crippen LogP contribution in [0, 0.1) is 27.1 Å². The van der Waals surface area contributed by atoms with Crippen LogP contribution in [0.1, 0.15) is 46.5 Å². The summed E-state index contributed by atoms with van der Waals surface area (Å²) < 4.78 is 8.40. The van der Waals surface area contributed by atoms with E-state index >= 15 is 0 Å². The number of carbonyl (C=O) groups excluding carboxylic acids is 4. The van der Waals surface area contributed by atoms with Crippen LogP contribution in [0.25, 0.3) is 0 Å². The Balaban J connectivity index is 1.83. The van der Waals surface area contributed by atoms with E-state index in [0.717, 1.165) is 12.0 Å². The van der Waals surface area contributed by atoms with Gasteiger partial charge in [0.05, 0.1) is 11.1 Å². The van der Waals surface area contributed by atoms with Crippen LogP contribution in [-0.2, 0) is 14.3 Å². The van der Waals surface area contributed by atoms with E-state index < -0.39 is 36.3 Å². The molecule has 35 heavy (non-hydrogen) atoms. The first-order valence-corrected chi connectivity index (χ1v) is 15.0. The number of halogens is 5. The van der Waals surface area contributed by atoms with E-state index in [2.05, 4.69) is 95.7 Å². The zero-order valence-electron chi connectivity index (χ0n) is 18.7. The van der Waals surface area contributed by atoms with Crippen LogP contribution in [0.4, 0.5) is 5.69 Å². The SMILES string of the molecule is Cc1c(Cl)cccc1NC(=O)COC(=O)[C@@H](CC(C)C)N1C(=O)c2c(I)c(I)c(I)c(I)c2C1=O. The van der Waals surface area contributed by atoms with Crippen LogP contribution in [-0.4, -0.2) is 41.2 Å². The maximum Gasteiger partial charge on any atom is 0.329 e. The zero-order chi connectivity index (χ0) is 26.2. The third-order valence-corrected chi connectivity index (χ3v) is 13.1. The Bertz CT molecular complexity index is 1200. The third-order valence-electron chi connectivity index (χ3n) is 5.30. The fourth-order valence-electron chi connectivity index (χ4n) is 3.57. The molecule has 3 amide bonds. The molecule has 0 fully saturated rings. The number of nitrogens with one attached hydrogen (secondary N) is 1. The van der Waals surface area contributed by atoms with Crippen molar-refractivity contribution in [3.63, 3.8) is 0 Å². The summed E-state index contributed by atoms with van der Waals surface area (Å²) in [7, 11) is 0. The Morgan fingerprint density at radius 3 is 2.06 bits per heavy atom. The number of ether oxygens (including phenoxy) is 1. The van der Waals surface area contributed by atoms with Crippen LogP contribution in [0.15, 0.2) is 18.2 Å². The van der Waals surface area contributed by atoms with Gasteiger partial charge in [-0.3, -0.25) is 19.3 Å². The molecule has 2 aromatic rings. The van der Waals surface area contributed by atoms with Gasteiger partial charge in [-0.1, -0.05) is 31.5 Å². The molecule has 186 valence electrons. The standard InChI is InChI=1S/C23H19ClI4N2O5/c1-9(2)7-13(23(34)35-8-14(31)29-12-6-4-5-11(24)10(12)3)30-21(32)15-16(22(30)33)18(26)20(28)19(27)17(15)25/h4-6,9,13H,7-8H2,1-3H3,(H,29,31)/t13-/m1/s1. The van der Waals surface area contributed by atoms with E-state index in [4.69, 9.17) is 16.3 Å². The van der Waals surface area contributed by atoms with E-state index in [9.17, 15) is 19.2 Å². The molecule has 1 aliphatic rings. The second kappa shape index (κ2) is 12.1. The first kappa shape index (κ1) is 29.3. The number of benzene rings is 2. The summed E-state index contributed by atoms with van der Waals surface area (Å²) in [5, 5.41) is 3.16. The summed E-state index contributed by atoms with van der Waals surface area (Å²) >= 11 is 14.5. The fraction of sp³-hybridized carbons (Fsp3) is 0.304. The molecule has 1 atom stereocenters. The van der Waals surface area contributed by atoms with E-state index in [1.54, 1.807) is 25.1 Å². The molecule has 0 aliphatic carbocycles. The first-order valence-electron chi connectivity index (χ1n) is 10.3. The maximum atomic E-state index is 13.4. The molecule has 12 heteroatoms. The summed E-state index contributed by atoms with van der Waals surface area (Å²) in [5.41, 5.74) is 1.80. The smallest absolute Gasteiger partial charge is 0.329 e. The lowest BCUT2D eigenvalue weighted by Crippen LogP contribution is -2.47. The van der Waals surface area contributed by atoms with Crippen LogP contribution in [0.2, 0.25) is 5.02 Å². The summed E-state index contributed by atoms with van der Waals surface area (Å²) in [6.45, 7) is 4.96. The van der Waals surface area contributed by atoms with Crippen molar-refractivity contribution in [2.24, 2.45) is 5.92 Å². The van der Waals surface area contributed by atoms with Crippen molar-refractivity contribution in [1.29, 1.82) is 0 Å². The number of esters is 1. The van der Waals surface area contributed by atoms with Gasteiger partial charge < -0.3 is 10.1 Å². The van der Waals surface area contributed by atoms with Crippen LogP contribution >= 0.6 is 102 Å². The molecule has 0 bridgehead atoms. The quantitative estimate of drug-likeness (QED) is 0.117. The van der Waals surface area contributed by atoms with Crippen molar-refractivity contribution in [2.45, 2.75) is 33.2 Å². The highest BCUT2D eigenvalue weighted by Crippen LogP contribution is 2.39. The maximum absolute atomic E-state index is 13.4. The van der Waals surface area contributed by atoms with Gasteiger partial charge in [0.1, 0.15) is 6.04 Å². The highest BCUT2D eigenvalue weighted by Gasteiger charge is 2.47. The highest BCUT2D eigenvalue weighted by molar-refractivity contribution is 14.1. The number of hydrogen-bond donors (Lipinski definition) is 1. The van der Waals surface area contributed by atoms with Crippen molar-refractivity contribution in [2.75, 3.05) is 11.9 Å². The summed E-state index contributed by atoms with van der Waals surface area (Å²) in [5.74, 6) is -2.42. The molecule has 1 heterocycles. The van der Waals surface area contributed by atoms with Gasteiger partial charge in [-0.25, -0.2) is 4.79 Å². The fourth-order valence-corrected chi connectivity index (χ4v) is 7.39. The molecule has 2 aromatic carbocycles. The van der Waals surface area contributed by atoms with Gasteiger partial charge in [0.15, 0.2) is 6.61 Å². The van der Waals surface area contributed by atoms with Crippen molar-refractivity contribution in [3.05, 3.63) is 54.2 Å². The van der Waals surface area contributed by atoms with E-state index in [1.165, 1.54) is 0 Å². The van der Waals surface area contributed by atoms with E-state index in [1.807, 2.05) is 13.8 Å². The average molecular weight is 946 g/mol. The third kappa shape index (κ3) is 6.08. The number of anilines is 1. The number of hydrogen-bond acceptors (Lipinski definition) is 5. The number of nitrogens with zero attached hydrogens (tertiary/aromatic N) is 1. The van der Waals surface area contributed by atoms with Gasteiger partial charge in [0.2, 0.25) is 0 Å². The average Bonchev–Trinajstić information content (AvgIpc) is 3.06. The molecule has 3 rings (SSSR count). The second-order valence-electron chi connectivity index (χ2n) is 8.20. The highest BCUT2D eigenvalue weighted by atomic mass is 127. The number of amides is 3. The molecule has 7 nitrogen and oxygen atoms in total. The minimum atomic E-state index is -1.15. The Morgan fingerprint density at radius 2 is 1.54 bits per heavy atom. The lowest BCUT2D eigenvalue weighted by Gasteiger charge is -2.26. The summed E-state index contributed by atoms with van der Waals surface area (Å²) in [4.78, 5) is 53.4. The summed E-state index contributed by atoms with van der Waals surface area (Å²) in [6.07, 6.45) is 0.209. The number of imide groups is 1. The normalized spacial score (nSPS) is 13.8. The lowest BCUT2D eigenvalue weighted by molar-refractivity contribution is -0.151. The van der Waals surface area contributed by atoms with Crippen molar-refractivity contribution < 1.29 is 23.9 Å². The minimum absolute atomic E-state index is 0.0155. The second-order valence-corrected chi connectivity index (χ2v) is 12.9. The Kier molecular flexibility index (Phi) is 10.1. The minimum Gasteiger partial charge on any atom is -0.454 e. The predicted octanol–water partition coefficient (Wildman–Crippen LogP) is 6.26. The molecule has 0 unspecified atom stereocenters. The van der Waals surface area contributed by atoms with Crippen molar-refractivity contribution in [3.8, 4) is 0 Å². The Morgan fingerprint density at radius 1 is 1.00 bits per heavy atom. The predicted molar refractivity (Wildman–Crippen MR) is 167 cm³/mol. The first-order chi connectivity index (χ1) is 16.4. The Labute approximate surface area is 262 Å². The molecule has 0 saturated carbocycles. The molecule has 0 radical (unpaired) electrons. The van der Waals surface area contributed by atoms with Crippen LogP contribution < -0.4 is 5.32 Å². The largest absolute Gasteiger partial charge is 0.454 e. The topological polar surface area (TPSA) is 92.8 Å². The number of carbonyl (C=O) groups is 4. The molecule has 1 N–H and O–H groups in total. The number of rotatable bonds is 7. The molecular formula is C23H19ClI4N2O5. The molecule has 0 aromatic heterocycles.